The summed E-state index contributed by atoms with van der Waals surface area (Å²) in [5.41, 5.74) is 9.70. The van der Waals surface area contributed by atoms with E-state index in [-0.39, 0.29) is 11.9 Å². The van der Waals surface area contributed by atoms with Crippen molar-refractivity contribution in [3.05, 3.63) is 18.1 Å². The topological polar surface area (TPSA) is 85.9 Å². The summed E-state index contributed by atoms with van der Waals surface area (Å²) in [6.07, 6.45) is 5.85. The van der Waals surface area contributed by atoms with Crippen molar-refractivity contribution in [1.82, 2.24) is 25.8 Å². The number of hydrogen-bond acceptors (Lipinski definition) is 5. The molecule has 4 rings (SSSR count). The molecule has 0 aromatic carbocycles. The number of nitrogens with zero attached hydrogens (tertiary/aromatic N) is 3. The zero-order valence-corrected chi connectivity index (χ0v) is 17.5. The molecule has 0 bridgehead atoms. The predicted octanol–water partition coefficient (Wildman–Crippen LogP) is 3.31. The van der Waals surface area contributed by atoms with Gasteiger partial charge in [0.1, 0.15) is 5.82 Å². The number of nitrogens with one attached hydrogen (secondary N) is 3. The SMILES string of the molecule is CC(C)CC(=O)N(C)c1cnc2nc(C3NNC4CC(C)(C)CCC43)[nH]c2c1. The van der Waals surface area contributed by atoms with Gasteiger partial charge in [-0.15, -0.1) is 0 Å². The lowest BCUT2D eigenvalue weighted by molar-refractivity contribution is -0.119. The van der Waals surface area contributed by atoms with E-state index in [0.717, 1.165) is 17.0 Å². The number of hydrogen-bond donors (Lipinski definition) is 3. The highest BCUT2D eigenvalue weighted by Gasteiger charge is 2.44. The molecule has 1 saturated carbocycles. The lowest BCUT2D eigenvalue weighted by atomic mass is 9.69. The van der Waals surface area contributed by atoms with E-state index in [9.17, 15) is 4.79 Å². The summed E-state index contributed by atoms with van der Waals surface area (Å²) in [5.74, 6) is 1.89. The molecule has 3 N–H and O–H groups in total. The zero-order chi connectivity index (χ0) is 20.1. The van der Waals surface area contributed by atoms with Crippen LogP contribution in [-0.2, 0) is 4.79 Å². The number of rotatable bonds is 4. The van der Waals surface area contributed by atoms with Gasteiger partial charge in [-0.1, -0.05) is 27.7 Å². The average molecular weight is 385 g/mol. The highest BCUT2D eigenvalue weighted by Crippen LogP contribution is 2.44. The first kappa shape index (κ1) is 19.3. The van der Waals surface area contributed by atoms with Crippen LogP contribution in [0, 0.1) is 17.3 Å². The van der Waals surface area contributed by atoms with E-state index >= 15 is 0 Å². The summed E-state index contributed by atoms with van der Waals surface area (Å²) in [6.45, 7) is 8.80. The van der Waals surface area contributed by atoms with Crippen molar-refractivity contribution in [2.45, 2.75) is 65.5 Å². The van der Waals surface area contributed by atoms with Crippen LogP contribution in [-0.4, -0.2) is 33.9 Å². The first-order valence-electron chi connectivity index (χ1n) is 10.4. The smallest absolute Gasteiger partial charge is 0.227 e. The third kappa shape index (κ3) is 3.65. The molecule has 3 heterocycles. The van der Waals surface area contributed by atoms with Crippen molar-refractivity contribution in [3.63, 3.8) is 0 Å². The van der Waals surface area contributed by atoms with Gasteiger partial charge in [-0.2, -0.15) is 0 Å². The quantitative estimate of drug-likeness (QED) is 0.753. The van der Waals surface area contributed by atoms with E-state index in [1.54, 1.807) is 11.1 Å². The van der Waals surface area contributed by atoms with E-state index in [1.165, 1.54) is 19.3 Å². The van der Waals surface area contributed by atoms with Crippen LogP contribution in [0.15, 0.2) is 12.3 Å². The van der Waals surface area contributed by atoms with Crippen LogP contribution in [0.25, 0.3) is 11.2 Å². The Balaban J connectivity index is 1.55. The van der Waals surface area contributed by atoms with Gasteiger partial charge in [-0.25, -0.2) is 15.4 Å². The van der Waals surface area contributed by atoms with Crippen LogP contribution in [0.4, 0.5) is 5.69 Å². The maximum absolute atomic E-state index is 12.4. The Morgan fingerprint density at radius 1 is 1.36 bits per heavy atom. The number of imidazole rings is 1. The molecule has 152 valence electrons. The fourth-order valence-electron chi connectivity index (χ4n) is 4.61. The molecule has 28 heavy (non-hydrogen) atoms. The number of aromatic amines is 1. The molecular formula is C21H32N6O. The Labute approximate surface area is 166 Å². The molecule has 2 aromatic heterocycles. The van der Waals surface area contributed by atoms with Crippen LogP contribution in [0.5, 0.6) is 0 Å². The molecular weight excluding hydrogens is 352 g/mol. The summed E-state index contributed by atoms with van der Waals surface area (Å²) in [5, 5.41) is 0. The second kappa shape index (κ2) is 7.12. The predicted molar refractivity (Wildman–Crippen MR) is 111 cm³/mol. The van der Waals surface area contributed by atoms with Crippen molar-refractivity contribution in [2.75, 3.05) is 11.9 Å². The minimum Gasteiger partial charge on any atom is -0.339 e. The molecule has 1 saturated heterocycles. The van der Waals surface area contributed by atoms with Gasteiger partial charge in [-0.05, 0) is 42.6 Å². The third-order valence-corrected chi connectivity index (χ3v) is 6.28. The maximum Gasteiger partial charge on any atom is 0.227 e. The Morgan fingerprint density at radius 3 is 2.89 bits per heavy atom. The Bertz CT molecular complexity index is 873. The van der Waals surface area contributed by atoms with Gasteiger partial charge in [0.2, 0.25) is 5.91 Å². The summed E-state index contributed by atoms with van der Waals surface area (Å²) in [4.78, 5) is 26.7. The molecule has 2 aliphatic rings. The number of carbonyl (C=O) groups excluding carboxylic acids is 1. The van der Waals surface area contributed by atoms with Crippen molar-refractivity contribution >= 4 is 22.8 Å². The molecule has 1 amide bonds. The number of anilines is 1. The molecule has 0 radical (unpaired) electrons. The molecule has 7 nitrogen and oxygen atoms in total. The molecule has 3 unspecified atom stereocenters. The van der Waals surface area contributed by atoms with Gasteiger partial charge in [0, 0.05) is 19.5 Å². The number of amides is 1. The van der Waals surface area contributed by atoms with E-state index < -0.39 is 0 Å². The number of carbonyl (C=O) groups is 1. The monoisotopic (exact) mass is 384 g/mol. The summed E-state index contributed by atoms with van der Waals surface area (Å²) >= 11 is 0. The van der Waals surface area contributed by atoms with E-state index in [4.69, 9.17) is 4.98 Å². The Hall–Kier alpha value is -1.99. The standard InChI is InChI=1S/C21H32N6O/c1-12(2)8-17(28)27(5)13-9-15-19(22-11-13)24-20(23-15)18-14-6-7-21(3,4)10-16(14)25-26-18/h9,11-12,14,16,18,25-26H,6-8,10H2,1-5H3,(H,22,23,24). The maximum atomic E-state index is 12.4. The summed E-state index contributed by atoms with van der Waals surface area (Å²) in [6, 6.07) is 2.62. The number of pyridine rings is 1. The average Bonchev–Trinajstić information content (AvgIpc) is 3.21. The van der Waals surface area contributed by atoms with Gasteiger partial charge in [0.15, 0.2) is 5.65 Å². The van der Waals surface area contributed by atoms with Crippen molar-refractivity contribution in [2.24, 2.45) is 17.3 Å². The van der Waals surface area contributed by atoms with Crippen LogP contribution in [0.1, 0.15) is 65.2 Å². The highest BCUT2D eigenvalue weighted by atomic mass is 16.2. The van der Waals surface area contributed by atoms with Crippen LogP contribution in [0.3, 0.4) is 0 Å². The molecule has 1 aliphatic carbocycles. The minimum atomic E-state index is 0.102. The van der Waals surface area contributed by atoms with Crippen molar-refractivity contribution < 1.29 is 4.79 Å². The van der Waals surface area contributed by atoms with Crippen molar-refractivity contribution in [1.29, 1.82) is 0 Å². The van der Waals surface area contributed by atoms with Gasteiger partial charge >= 0.3 is 0 Å². The zero-order valence-electron chi connectivity index (χ0n) is 17.5. The second-order valence-electron chi connectivity index (χ2n) is 9.68. The first-order valence-corrected chi connectivity index (χ1v) is 10.4. The van der Waals surface area contributed by atoms with Gasteiger partial charge < -0.3 is 9.88 Å². The highest BCUT2D eigenvalue weighted by molar-refractivity contribution is 5.94. The Morgan fingerprint density at radius 2 is 2.14 bits per heavy atom. The van der Waals surface area contributed by atoms with E-state index in [2.05, 4.69) is 48.5 Å². The normalized spacial score (nSPS) is 26.6. The van der Waals surface area contributed by atoms with E-state index in [0.29, 0.717) is 35.4 Å². The van der Waals surface area contributed by atoms with E-state index in [1.807, 2.05) is 13.1 Å². The van der Waals surface area contributed by atoms with Crippen LogP contribution in [0.2, 0.25) is 0 Å². The first-order chi connectivity index (χ1) is 13.2. The number of H-pyrrole nitrogens is 1. The number of aromatic nitrogens is 3. The molecule has 1 aliphatic heterocycles. The molecule has 2 fully saturated rings. The van der Waals surface area contributed by atoms with Crippen LogP contribution >= 0.6 is 0 Å². The fraction of sp³-hybridized carbons (Fsp3) is 0.667. The van der Waals surface area contributed by atoms with Gasteiger partial charge in [0.25, 0.3) is 0 Å². The van der Waals surface area contributed by atoms with Gasteiger partial charge in [0.05, 0.1) is 23.4 Å². The second-order valence-corrected chi connectivity index (χ2v) is 9.68. The lowest BCUT2D eigenvalue weighted by Crippen LogP contribution is -2.39. The molecule has 2 aromatic rings. The number of fused-ring (bicyclic) bond motifs is 2. The van der Waals surface area contributed by atoms with Gasteiger partial charge in [-0.3, -0.25) is 10.2 Å². The largest absolute Gasteiger partial charge is 0.339 e. The molecule has 3 atom stereocenters. The molecule has 0 spiro atoms. The lowest BCUT2D eigenvalue weighted by Gasteiger charge is -2.37. The Kier molecular flexibility index (Phi) is 4.91. The third-order valence-electron chi connectivity index (χ3n) is 6.28. The van der Waals surface area contributed by atoms with Crippen molar-refractivity contribution in [3.8, 4) is 0 Å². The number of hydrazine groups is 1. The summed E-state index contributed by atoms with van der Waals surface area (Å²) in [7, 11) is 1.81. The molecule has 7 heteroatoms. The minimum absolute atomic E-state index is 0.102. The fourth-order valence-corrected chi connectivity index (χ4v) is 4.61. The van der Waals surface area contributed by atoms with Crippen LogP contribution < -0.4 is 15.8 Å². The summed E-state index contributed by atoms with van der Waals surface area (Å²) < 4.78 is 0.